The van der Waals surface area contributed by atoms with Gasteiger partial charge in [-0.05, 0) is 36.1 Å². The highest BCUT2D eigenvalue weighted by Gasteiger charge is 2.37. The molecule has 6 heteroatoms. The molecule has 1 saturated heterocycles. The van der Waals surface area contributed by atoms with Crippen molar-refractivity contribution in [1.82, 2.24) is 4.98 Å². The van der Waals surface area contributed by atoms with Gasteiger partial charge in [0.05, 0.1) is 11.6 Å². The van der Waals surface area contributed by atoms with E-state index in [0.717, 1.165) is 17.7 Å². The van der Waals surface area contributed by atoms with Gasteiger partial charge in [0.2, 0.25) is 11.7 Å². The lowest BCUT2D eigenvalue weighted by Gasteiger charge is -2.23. The lowest BCUT2D eigenvalue weighted by atomic mass is 9.96. The van der Waals surface area contributed by atoms with Gasteiger partial charge in [0, 0.05) is 24.8 Å². The lowest BCUT2D eigenvalue weighted by molar-refractivity contribution is -0.147. The highest BCUT2D eigenvalue weighted by molar-refractivity contribution is 6.01. The van der Waals surface area contributed by atoms with Gasteiger partial charge in [-0.1, -0.05) is 32.0 Å². The Bertz CT molecular complexity index is 828. The normalized spacial score (nSPS) is 17.8. The van der Waals surface area contributed by atoms with Gasteiger partial charge in [-0.2, -0.15) is 0 Å². The number of nitrogens with zero attached hydrogens (tertiary/aromatic N) is 1. The molecule has 1 fully saturated rings. The van der Waals surface area contributed by atoms with Crippen molar-refractivity contribution in [3.05, 3.63) is 53.9 Å². The van der Waals surface area contributed by atoms with E-state index in [-0.39, 0.29) is 31.3 Å². The van der Waals surface area contributed by atoms with Crippen molar-refractivity contribution in [1.29, 1.82) is 0 Å². The van der Waals surface area contributed by atoms with Gasteiger partial charge in [0.25, 0.3) is 0 Å². The predicted octanol–water partition coefficient (Wildman–Crippen LogP) is 3.31. The molecule has 1 aromatic heterocycles. The SMILES string of the molecule is CC[C@H](C)c1ccccc1N1C[C@@H](C(=O)OCC(=O)c2ccc[nH]2)CC1=O. The highest BCUT2D eigenvalue weighted by Crippen LogP contribution is 2.33. The number of H-pyrrole nitrogens is 1. The van der Waals surface area contributed by atoms with Crippen molar-refractivity contribution in [3.63, 3.8) is 0 Å². The zero-order chi connectivity index (χ0) is 19.4. The average Bonchev–Trinajstić information content (AvgIpc) is 3.35. The van der Waals surface area contributed by atoms with Crippen LogP contribution in [0.3, 0.4) is 0 Å². The van der Waals surface area contributed by atoms with E-state index in [9.17, 15) is 14.4 Å². The van der Waals surface area contributed by atoms with Gasteiger partial charge in [-0.3, -0.25) is 14.4 Å². The molecule has 27 heavy (non-hydrogen) atoms. The van der Waals surface area contributed by atoms with Crippen molar-refractivity contribution in [2.24, 2.45) is 5.92 Å². The largest absolute Gasteiger partial charge is 0.457 e. The van der Waals surface area contributed by atoms with E-state index in [4.69, 9.17) is 4.74 Å². The molecule has 6 nitrogen and oxygen atoms in total. The second-order valence-corrected chi connectivity index (χ2v) is 6.89. The van der Waals surface area contributed by atoms with Crippen LogP contribution < -0.4 is 4.90 Å². The van der Waals surface area contributed by atoms with E-state index < -0.39 is 11.9 Å². The van der Waals surface area contributed by atoms with Gasteiger partial charge >= 0.3 is 5.97 Å². The number of esters is 1. The van der Waals surface area contributed by atoms with E-state index in [1.165, 1.54) is 0 Å². The fraction of sp³-hybridized carbons (Fsp3) is 0.381. The van der Waals surface area contributed by atoms with Crippen LogP contribution in [0, 0.1) is 5.92 Å². The lowest BCUT2D eigenvalue weighted by Crippen LogP contribution is -2.28. The van der Waals surface area contributed by atoms with Crippen molar-refractivity contribution in [2.45, 2.75) is 32.6 Å². The first-order valence-corrected chi connectivity index (χ1v) is 9.23. The number of anilines is 1. The molecule has 142 valence electrons. The summed E-state index contributed by atoms with van der Waals surface area (Å²) in [5.41, 5.74) is 2.35. The fourth-order valence-corrected chi connectivity index (χ4v) is 3.30. The quantitative estimate of drug-likeness (QED) is 0.601. The average molecular weight is 368 g/mol. The van der Waals surface area contributed by atoms with Crippen molar-refractivity contribution in [2.75, 3.05) is 18.1 Å². The third-order valence-electron chi connectivity index (χ3n) is 5.07. The van der Waals surface area contributed by atoms with Gasteiger partial charge in [-0.15, -0.1) is 0 Å². The second-order valence-electron chi connectivity index (χ2n) is 6.89. The molecule has 0 saturated carbocycles. The third kappa shape index (κ3) is 4.10. The van der Waals surface area contributed by atoms with E-state index in [0.29, 0.717) is 11.6 Å². The highest BCUT2D eigenvalue weighted by atomic mass is 16.5. The van der Waals surface area contributed by atoms with E-state index >= 15 is 0 Å². The molecule has 0 radical (unpaired) electrons. The minimum Gasteiger partial charge on any atom is -0.457 e. The number of rotatable bonds is 7. The van der Waals surface area contributed by atoms with Crippen LogP contribution in [0.25, 0.3) is 0 Å². The van der Waals surface area contributed by atoms with Gasteiger partial charge in [0.15, 0.2) is 6.61 Å². The first-order chi connectivity index (χ1) is 13.0. The number of hydrogen-bond acceptors (Lipinski definition) is 4. The molecular weight excluding hydrogens is 344 g/mol. The Hall–Kier alpha value is -2.89. The van der Waals surface area contributed by atoms with Crippen molar-refractivity contribution >= 4 is 23.3 Å². The van der Waals surface area contributed by atoms with Crippen LogP contribution in [0.2, 0.25) is 0 Å². The topological polar surface area (TPSA) is 79.5 Å². The standard InChI is InChI=1S/C21H24N2O4/c1-3-14(2)16-7-4-5-9-18(16)23-12-15(11-20(23)25)21(26)27-13-19(24)17-8-6-10-22-17/h4-10,14-15,22H,3,11-13H2,1-2H3/t14-,15-/m0/s1. The summed E-state index contributed by atoms with van der Waals surface area (Å²) in [6, 6.07) is 11.1. The first-order valence-electron chi connectivity index (χ1n) is 9.23. The number of amides is 1. The van der Waals surface area contributed by atoms with Crippen molar-refractivity contribution in [3.8, 4) is 0 Å². The molecule has 2 atom stereocenters. The van der Waals surface area contributed by atoms with E-state index in [1.807, 2.05) is 24.3 Å². The summed E-state index contributed by atoms with van der Waals surface area (Å²) in [4.78, 5) is 41.3. The predicted molar refractivity (Wildman–Crippen MR) is 102 cm³/mol. The fourth-order valence-electron chi connectivity index (χ4n) is 3.30. The smallest absolute Gasteiger partial charge is 0.311 e. The number of benzene rings is 1. The second kappa shape index (κ2) is 8.20. The zero-order valence-corrected chi connectivity index (χ0v) is 15.6. The molecule has 1 aliphatic rings. The number of Topliss-reactive ketones (excluding diaryl/α,β-unsaturated/α-hetero) is 1. The van der Waals surface area contributed by atoms with E-state index in [2.05, 4.69) is 18.8 Å². The molecule has 2 heterocycles. The number of carbonyl (C=O) groups is 3. The van der Waals surface area contributed by atoms with Gasteiger partial charge in [0.1, 0.15) is 0 Å². The number of para-hydroxylation sites is 1. The number of carbonyl (C=O) groups excluding carboxylic acids is 3. The maximum absolute atomic E-state index is 12.5. The molecular formula is C21H24N2O4. The summed E-state index contributed by atoms with van der Waals surface area (Å²) in [5.74, 6) is -1.14. The monoisotopic (exact) mass is 368 g/mol. The number of aromatic nitrogens is 1. The number of nitrogens with one attached hydrogen (secondary N) is 1. The molecule has 0 unspecified atom stereocenters. The molecule has 1 amide bonds. The molecule has 0 spiro atoms. The number of hydrogen-bond donors (Lipinski definition) is 1. The minimum absolute atomic E-state index is 0.0941. The van der Waals surface area contributed by atoms with Crippen LogP contribution in [0.1, 0.15) is 48.7 Å². The summed E-state index contributed by atoms with van der Waals surface area (Å²) >= 11 is 0. The third-order valence-corrected chi connectivity index (χ3v) is 5.07. The van der Waals surface area contributed by atoms with Crippen LogP contribution in [-0.2, 0) is 14.3 Å². The number of ketones is 1. The van der Waals surface area contributed by atoms with Crippen LogP contribution in [0.5, 0.6) is 0 Å². The Balaban J connectivity index is 1.65. The molecule has 0 bridgehead atoms. The van der Waals surface area contributed by atoms with E-state index in [1.54, 1.807) is 23.2 Å². The minimum atomic E-state index is -0.557. The summed E-state index contributed by atoms with van der Waals surface area (Å²) < 4.78 is 5.16. The van der Waals surface area contributed by atoms with Crippen LogP contribution >= 0.6 is 0 Å². The summed E-state index contributed by atoms with van der Waals surface area (Å²) in [7, 11) is 0. The molecule has 0 aliphatic carbocycles. The molecule has 1 aliphatic heterocycles. The summed E-state index contributed by atoms with van der Waals surface area (Å²) in [6.45, 7) is 4.18. The van der Waals surface area contributed by atoms with Crippen LogP contribution in [-0.4, -0.2) is 35.8 Å². The molecule has 3 rings (SSSR count). The molecule has 1 N–H and O–H groups in total. The Labute approximate surface area is 158 Å². The van der Waals surface area contributed by atoms with Gasteiger partial charge in [-0.25, -0.2) is 0 Å². The maximum Gasteiger partial charge on any atom is 0.311 e. The summed E-state index contributed by atoms with van der Waals surface area (Å²) in [5, 5.41) is 0. The molecule has 1 aromatic carbocycles. The van der Waals surface area contributed by atoms with Crippen molar-refractivity contribution < 1.29 is 19.1 Å². The first kappa shape index (κ1) is 18.9. The maximum atomic E-state index is 12.5. The van der Waals surface area contributed by atoms with Crippen LogP contribution in [0.4, 0.5) is 5.69 Å². The number of ether oxygens (including phenoxy) is 1. The Morgan fingerprint density at radius 1 is 1.26 bits per heavy atom. The Kier molecular flexibility index (Phi) is 5.74. The Morgan fingerprint density at radius 2 is 2.04 bits per heavy atom. The Morgan fingerprint density at radius 3 is 2.74 bits per heavy atom. The van der Waals surface area contributed by atoms with Gasteiger partial charge < -0.3 is 14.6 Å². The zero-order valence-electron chi connectivity index (χ0n) is 15.6. The molecule has 2 aromatic rings. The summed E-state index contributed by atoms with van der Waals surface area (Å²) in [6.07, 6.45) is 2.70. The van der Waals surface area contributed by atoms with Crippen LogP contribution in [0.15, 0.2) is 42.6 Å². The number of aromatic amines is 1.